The Hall–Kier alpha value is -3.64. The number of morpholine rings is 1. The van der Waals surface area contributed by atoms with Crippen LogP contribution in [0.3, 0.4) is 0 Å². The van der Waals surface area contributed by atoms with Crippen LogP contribution in [0, 0.1) is 6.92 Å². The molecular weight excluding hydrogens is 388 g/mol. The van der Waals surface area contributed by atoms with Crippen LogP contribution in [0.2, 0.25) is 0 Å². The predicted molar refractivity (Wildman–Crippen MR) is 125 cm³/mol. The van der Waals surface area contributed by atoms with Crippen LogP contribution < -0.4 is 15.6 Å². The van der Waals surface area contributed by atoms with Crippen LogP contribution in [0.25, 0.3) is 16.7 Å². The Morgan fingerprint density at radius 3 is 2.32 bits per heavy atom. The number of benzene rings is 2. The van der Waals surface area contributed by atoms with Crippen LogP contribution >= 0.6 is 0 Å². The van der Waals surface area contributed by atoms with Gasteiger partial charge in [0.15, 0.2) is 11.1 Å². The van der Waals surface area contributed by atoms with Gasteiger partial charge in [0.05, 0.1) is 18.6 Å². The average Bonchev–Trinajstić information content (AvgIpc) is 2.80. The standard InChI is InChI=1S/C25H24N4O2/c1-18-16-22(28-12-14-31-15-13-28)27-25-24(18)21(30)17-23(26-19-8-4-2-5-9-19)29(25)20-10-6-3-7-11-20/h2-11,16-17,26H,12-15H2,1H3. The highest BCUT2D eigenvalue weighted by molar-refractivity contribution is 5.85. The molecule has 4 aromatic rings. The Bertz CT molecular complexity index is 1260. The molecule has 1 N–H and O–H groups in total. The number of anilines is 3. The molecule has 2 aromatic heterocycles. The lowest BCUT2D eigenvalue weighted by Crippen LogP contribution is -2.37. The summed E-state index contributed by atoms with van der Waals surface area (Å²) in [5.41, 5.74) is 3.38. The van der Waals surface area contributed by atoms with Crippen molar-refractivity contribution in [3.63, 3.8) is 0 Å². The van der Waals surface area contributed by atoms with Crippen LogP contribution in [0.1, 0.15) is 5.56 Å². The first-order valence-corrected chi connectivity index (χ1v) is 10.5. The summed E-state index contributed by atoms with van der Waals surface area (Å²) >= 11 is 0. The van der Waals surface area contributed by atoms with Gasteiger partial charge in [-0.2, -0.15) is 0 Å². The molecule has 0 amide bonds. The van der Waals surface area contributed by atoms with Crippen LogP contribution in [0.4, 0.5) is 17.3 Å². The summed E-state index contributed by atoms with van der Waals surface area (Å²) in [5, 5.41) is 4.05. The highest BCUT2D eigenvalue weighted by atomic mass is 16.5. The van der Waals surface area contributed by atoms with E-state index in [-0.39, 0.29) is 5.43 Å². The zero-order valence-corrected chi connectivity index (χ0v) is 17.4. The van der Waals surface area contributed by atoms with Crippen molar-refractivity contribution in [2.45, 2.75) is 6.92 Å². The summed E-state index contributed by atoms with van der Waals surface area (Å²) in [6.07, 6.45) is 0. The largest absolute Gasteiger partial charge is 0.378 e. The number of nitrogens with zero attached hydrogens (tertiary/aromatic N) is 3. The second kappa shape index (κ2) is 8.24. The molecule has 0 bridgehead atoms. The maximum Gasteiger partial charge on any atom is 0.193 e. The fourth-order valence-electron chi connectivity index (χ4n) is 4.03. The van der Waals surface area contributed by atoms with E-state index in [9.17, 15) is 4.79 Å². The van der Waals surface area contributed by atoms with Crippen LogP contribution in [-0.4, -0.2) is 35.9 Å². The van der Waals surface area contributed by atoms with Crippen molar-refractivity contribution in [3.8, 4) is 5.69 Å². The van der Waals surface area contributed by atoms with Gasteiger partial charge in [-0.3, -0.25) is 9.36 Å². The van der Waals surface area contributed by atoms with Crippen molar-refractivity contribution < 1.29 is 4.74 Å². The zero-order valence-electron chi connectivity index (χ0n) is 17.4. The molecule has 0 radical (unpaired) electrons. The molecule has 1 fully saturated rings. The van der Waals surface area contributed by atoms with Crippen LogP contribution in [0.15, 0.2) is 77.6 Å². The molecule has 6 nitrogen and oxygen atoms in total. The lowest BCUT2D eigenvalue weighted by Gasteiger charge is -2.28. The number of ether oxygens (including phenoxy) is 1. The summed E-state index contributed by atoms with van der Waals surface area (Å²) in [5.74, 6) is 1.55. The van der Waals surface area contributed by atoms with E-state index >= 15 is 0 Å². The zero-order chi connectivity index (χ0) is 21.2. The number of aryl methyl sites for hydroxylation is 1. The van der Waals surface area contributed by atoms with Crippen molar-refractivity contribution in [3.05, 3.63) is 88.6 Å². The molecule has 0 spiro atoms. The molecule has 0 saturated carbocycles. The monoisotopic (exact) mass is 412 g/mol. The predicted octanol–water partition coefficient (Wildman–Crippen LogP) is 4.27. The lowest BCUT2D eigenvalue weighted by molar-refractivity contribution is 0.122. The van der Waals surface area contributed by atoms with Crippen molar-refractivity contribution in [2.24, 2.45) is 0 Å². The molecule has 1 aliphatic rings. The number of rotatable bonds is 4. The van der Waals surface area contributed by atoms with E-state index in [0.717, 1.165) is 35.8 Å². The minimum absolute atomic E-state index is 0.0425. The molecule has 5 rings (SSSR count). The number of hydrogen-bond donors (Lipinski definition) is 1. The first-order chi connectivity index (χ1) is 15.2. The highest BCUT2D eigenvalue weighted by Gasteiger charge is 2.19. The van der Waals surface area contributed by atoms with Gasteiger partial charge in [-0.1, -0.05) is 36.4 Å². The van der Waals surface area contributed by atoms with E-state index in [0.29, 0.717) is 30.1 Å². The summed E-state index contributed by atoms with van der Waals surface area (Å²) in [4.78, 5) is 20.4. The van der Waals surface area contributed by atoms with E-state index in [4.69, 9.17) is 9.72 Å². The van der Waals surface area contributed by atoms with Crippen molar-refractivity contribution in [2.75, 3.05) is 36.5 Å². The van der Waals surface area contributed by atoms with Crippen LogP contribution in [0.5, 0.6) is 0 Å². The third kappa shape index (κ3) is 3.78. The third-order valence-electron chi connectivity index (χ3n) is 5.55. The maximum absolute atomic E-state index is 13.2. The van der Waals surface area contributed by atoms with E-state index in [1.807, 2.05) is 78.2 Å². The number of para-hydroxylation sites is 2. The molecule has 6 heteroatoms. The van der Waals surface area contributed by atoms with Crippen molar-refractivity contribution in [1.29, 1.82) is 0 Å². The second-order valence-electron chi connectivity index (χ2n) is 7.65. The average molecular weight is 412 g/mol. The summed E-state index contributed by atoms with van der Waals surface area (Å²) < 4.78 is 7.53. The smallest absolute Gasteiger partial charge is 0.193 e. The minimum atomic E-state index is -0.0425. The maximum atomic E-state index is 13.2. The Labute approximate surface area is 180 Å². The molecule has 156 valence electrons. The van der Waals surface area contributed by atoms with E-state index in [1.54, 1.807) is 6.07 Å². The Morgan fingerprint density at radius 1 is 0.935 bits per heavy atom. The fraction of sp³-hybridized carbons (Fsp3) is 0.200. The van der Waals surface area contributed by atoms with E-state index in [1.165, 1.54) is 0 Å². The SMILES string of the molecule is Cc1cc(N2CCOCC2)nc2c1c(=O)cc(Nc1ccccc1)n2-c1ccccc1. The molecule has 1 saturated heterocycles. The number of fused-ring (bicyclic) bond motifs is 1. The summed E-state index contributed by atoms with van der Waals surface area (Å²) in [6, 6.07) is 23.5. The number of pyridine rings is 2. The topological polar surface area (TPSA) is 59.4 Å². The molecular formula is C25H24N4O2. The minimum Gasteiger partial charge on any atom is -0.378 e. The third-order valence-corrected chi connectivity index (χ3v) is 5.55. The Kier molecular flexibility index (Phi) is 5.14. The van der Waals surface area contributed by atoms with Gasteiger partial charge in [-0.15, -0.1) is 0 Å². The van der Waals surface area contributed by atoms with Gasteiger partial charge in [0.2, 0.25) is 0 Å². The van der Waals surface area contributed by atoms with Gasteiger partial charge in [0.25, 0.3) is 0 Å². The van der Waals surface area contributed by atoms with Gasteiger partial charge < -0.3 is 15.0 Å². The second-order valence-corrected chi connectivity index (χ2v) is 7.65. The molecule has 31 heavy (non-hydrogen) atoms. The molecule has 0 unspecified atom stereocenters. The quantitative estimate of drug-likeness (QED) is 0.542. The summed E-state index contributed by atoms with van der Waals surface area (Å²) in [6.45, 7) is 4.92. The number of hydrogen-bond acceptors (Lipinski definition) is 5. The van der Waals surface area contributed by atoms with E-state index in [2.05, 4.69) is 10.2 Å². The molecule has 2 aromatic carbocycles. The first-order valence-electron chi connectivity index (χ1n) is 10.5. The fourth-order valence-corrected chi connectivity index (χ4v) is 4.03. The molecule has 0 atom stereocenters. The summed E-state index contributed by atoms with van der Waals surface area (Å²) in [7, 11) is 0. The number of nitrogens with one attached hydrogen (secondary N) is 1. The molecule has 3 heterocycles. The van der Waals surface area contributed by atoms with Gasteiger partial charge >= 0.3 is 0 Å². The lowest BCUT2D eigenvalue weighted by atomic mass is 10.1. The molecule has 1 aliphatic heterocycles. The van der Waals surface area contributed by atoms with Gasteiger partial charge in [-0.25, -0.2) is 4.98 Å². The first kappa shape index (κ1) is 19.3. The number of aromatic nitrogens is 2. The highest BCUT2D eigenvalue weighted by Crippen LogP contribution is 2.28. The van der Waals surface area contributed by atoms with Gasteiger partial charge in [0, 0.05) is 30.5 Å². The van der Waals surface area contributed by atoms with Crippen LogP contribution in [-0.2, 0) is 4.74 Å². The Morgan fingerprint density at radius 2 is 1.61 bits per heavy atom. The van der Waals surface area contributed by atoms with Gasteiger partial charge in [0.1, 0.15) is 11.6 Å². The molecule has 0 aliphatic carbocycles. The van der Waals surface area contributed by atoms with E-state index < -0.39 is 0 Å². The van der Waals surface area contributed by atoms with Crippen molar-refractivity contribution in [1.82, 2.24) is 9.55 Å². The van der Waals surface area contributed by atoms with Gasteiger partial charge in [-0.05, 0) is 42.8 Å². The van der Waals surface area contributed by atoms with Crippen molar-refractivity contribution >= 4 is 28.4 Å². The Balaban J connectivity index is 1.77. The normalized spacial score (nSPS) is 14.0.